The maximum atomic E-state index is 10.8. The fraction of sp³-hybridized carbons (Fsp3) is 0.138. The standard InChI is InChI=1S/C29H25ClN2O4/c1-18-5-3-4-6-24(18)25(17-27(32-35)23-13-14-31-19(2)15-23)21-9-7-20(8-10-21)22-11-12-28(26(30)16-22)36-29(33)34/h3-16,25,35H,17H2,1-2H3,(H,33,34). The number of oxime groups is 1. The lowest BCUT2D eigenvalue weighted by Crippen LogP contribution is -2.12. The number of hydrogen-bond donors (Lipinski definition) is 2. The van der Waals surface area contributed by atoms with E-state index in [0.717, 1.165) is 39.1 Å². The van der Waals surface area contributed by atoms with Gasteiger partial charge in [-0.05, 0) is 65.9 Å². The minimum atomic E-state index is -1.41. The number of benzene rings is 3. The van der Waals surface area contributed by atoms with E-state index in [1.807, 2.05) is 43.3 Å². The maximum Gasteiger partial charge on any atom is 0.511 e. The van der Waals surface area contributed by atoms with Gasteiger partial charge in [0, 0.05) is 29.8 Å². The second-order valence-corrected chi connectivity index (χ2v) is 8.89. The van der Waals surface area contributed by atoms with Gasteiger partial charge in [0.25, 0.3) is 0 Å². The van der Waals surface area contributed by atoms with Gasteiger partial charge < -0.3 is 15.1 Å². The van der Waals surface area contributed by atoms with E-state index in [9.17, 15) is 10.0 Å². The van der Waals surface area contributed by atoms with Gasteiger partial charge in [0.2, 0.25) is 0 Å². The summed E-state index contributed by atoms with van der Waals surface area (Å²) in [5.41, 5.74) is 7.39. The molecule has 182 valence electrons. The first-order valence-corrected chi connectivity index (χ1v) is 11.7. The van der Waals surface area contributed by atoms with Crippen molar-refractivity contribution in [3.8, 4) is 16.9 Å². The highest BCUT2D eigenvalue weighted by atomic mass is 35.5. The Labute approximate surface area is 214 Å². The molecule has 0 aliphatic rings. The monoisotopic (exact) mass is 500 g/mol. The Morgan fingerprint density at radius 1 is 1.00 bits per heavy atom. The predicted molar refractivity (Wildman–Crippen MR) is 140 cm³/mol. The molecule has 0 amide bonds. The second kappa shape index (κ2) is 11.1. The third-order valence-electron chi connectivity index (χ3n) is 6.09. The summed E-state index contributed by atoms with van der Waals surface area (Å²) in [6, 6.07) is 25.0. The molecule has 0 aliphatic carbocycles. The lowest BCUT2D eigenvalue weighted by atomic mass is 9.83. The highest BCUT2D eigenvalue weighted by Crippen LogP contribution is 2.35. The predicted octanol–water partition coefficient (Wildman–Crippen LogP) is 7.48. The minimum Gasteiger partial charge on any atom is -0.449 e. The molecule has 0 radical (unpaired) electrons. The number of ether oxygens (including phenoxy) is 1. The number of halogens is 1. The number of carboxylic acid groups (broad SMARTS) is 1. The molecule has 0 saturated heterocycles. The lowest BCUT2D eigenvalue weighted by Gasteiger charge is -2.21. The van der Waals surface area contributed by atoms with E-state index in [1.54, 1.807) is 18.3 Å². The van der Waals surface area contributed by atoms with Crippen LogP contribution >= 0.6 is 11.6 Å². The van der Waals surface area contributed by atoms with E-state index in [-0.39, 0.29) is 16.7 Å². The van der Waals surface area contributed by atoms with Crippen molar-refractivity contribution in [2.45, 2.75) is 26.2 Å². The van der Waals surface area contributed by atoms with E-state index < -0.39 is 6.16 Å². The first-order valence-electron chi connectivity index (χ1n) is 11.4. The molecule has 7 heteroatoms. The van der Waals surface area contributed by atoms with Crippen molar-refractivity contribution in [2.75, 3.05) is 0 Å². The molecule has 36 heavy (non-hydrogen) atoms. The third kappa shape index (κ3) is 5.73. The Morgan fingerprint density at radius 2 is 1.72 bits per heavy atom. The van der Waals surface area contributed by atoms with E-state index >= 15 is 0 Å². The van der Waals surface area contributed by atoms with Gasteiger partial charge in [-0.25, -0.2) is 4.79 Å². The minimum absolute atomic E-state index is 0.0467. The first-order chi connectivity index (χ1) is 17.4. The molecule has 0 bridgehead atoms. The molecule has 0 spiro atoms. The molecule has 3 aromatic carbocycles. The first kappa shape index (κ1) is 24.9. The Kier molecular flexibility index (Phi) is 7.66. The molecule has 1 heterocycles. The van der Waals surface area contributed by atoms with Gasteiger partial charge in [-0.15, -0.1) is 0 Å². The van der Waals surface area contributed by atoms with Gasteiger partial charge in [0.1, 0.15) is 0 Å². The second-order valence-electron chi connectivity index (χ2n) is 8.48. The molecule has 6 nitrogen and oxygen atoms in total. The van der Waals surface area contributed by atoms with Crippen molar-refractivity contribution in [3.63, 3.8) is 0 Å². The maximum absolute atomic E-state index is 10.8. The Bertz CT molecular complexity index is 1420. The van der Waals surface area contributed by atoms with Crippen molar-refractivity contribution in [1.82, 2.24) is 4.98 Å². The number of nitrogens with zero attached hydrogens (tertiary/aromatic N) is 2. The summed E-state index contributed by atoms with van der Waals surface area (Å²) in [4.78, 5) is 15.1. The number of aryl methyl sites for hydroxylation is 2. The van der Waals surface area contributed by atoms with Crippen molar-refractivity contribution >= 4 is 23.5 Å². The number of hydrogen-bond acceptors (Lipinski definition) is 5. The van der Waals surface area contributed by atoms with Gasteiger partial charge in [-0.3, -0.25) is 4.98 Å². The zero-order valence-corrected chi connectivity index (χ0v) is 20.6. The fourth-order valence-corrected chi connectivity index (χ4v) is 4.50. The molecule has 0 fully saturated rings. The van der Waals surface area contributed by atoms with Gasteiger partial charge in [0.05, 0.1) is 10.7 Å². The highest BCUT2D eigenvalue weighted by molar-refractivity contribution is 6.32. The van der Waals surface area contributed by atoms with Crippen LogP contribution in [0.15, 0.2) is 90.2 Å². The molecule has 4 rings (SSSR count). The SMILES string of the molecule is Cc1cc(C(CC(c2ccc(-c3ccc(OC(=O)O)c(Cl)c3)cc2)c2ccccc2C)=NO)ccn1. The zero-order valence-electron chi connectivity index (χ0n) is 19.9. The van der Waals surface area contributed by atoms with Crippen LogP contribution in [0.4, 0.5) is 4.79 Å². The molecule has 2 N–H and O–H groups in total. The number of carbonyl (C=O) groups is 1. The van der Waals surface area contributed by atoms with Crippen LogP contribution in [0, 0.1) is 13.8 Å². The molecule has 1 unspecified atom stereocenters. The van der Waals surface area contributed by atoms with Crippen LogP contribution in [0.25, 0.3) is 11.1 Å². The van der Waals surface area contributed by atoms with Crippen molar-refractivity contribution < 1.29 is 19.8 Å². The molecular formula is C29H25ClN2O4. The quantitative estimate of drug-likeness (QED) is 0.0902. The van der Waals surface area contributed by atoms with Gasteiger partial charge in [-0.1, -0.05) is 71.4 Å². The normalized spacial score (nSPS) is 12.2. The van der Waals surface area contributed by atoms with Crippen LogP contribution in [0.1, 0.15) is 40.3 Å². The number of rotatable bonds is 7. The summed E-state index contributed by atoms with van der Waals surface area (Å²) in [5, 5.41) is 22.6. The largest absolute Gasteiger partial charge is 0.511 e. The summed E-state index contributed by atoms with van der Waals surface area (Å²) in [6.07, 6.45) is 0.798. The molecule has 1 aromatic heterocycles. The van der Waals surface area contributed by atoms with Gasteiger partial charge in [-0.2, -0.15) is 0 Å². The Morgan fingerprint density at radius 3 is 2.36 bits per heavy atom. The smallest absolute Gasteiger partial charge is 0.449 e. The van der Waals surface area contributed by atoms with Crippen molar-refractivity contribution in [3.05, 3.63) is 118 Å². The Balaban J connectivity index is 1.68. The summed E-state index contributed by atoms with van der Waals surface area (Å²) in [6.45, 7) is 3.98. The average molecular weight is 501 g/mol. The van der Waals surface area contributed by atoms with Crippen molar-refractivity contribution in [1.29, 1.82) is 0 Å². The number of aromatic nitrogens is 1. The van der Waals surface area contributed by atoms with Crippen molar-refractivity contribution in [2.24, 2.45) is 5.16 Å². The van der Waals surface area contributed by atoms with Gasteiger partial charge in [0.15, 0.2) is 5.75 Å². The lowest BCUT2D eigenvalue weighted by molar-refractivity contribution is 0.144. The fourth-order valence-electron chi connectivity index (χ4n) is 4.29. The van der Waals surface area contributed by atoms with E-state index in [0.29, 0.717) is 12.1 Å². The molecule has 1 atom stereocenters. The number of pyridine rings is 1. The van der Waals surface area contributed by atoms with Crippen LogP contribution in [-0.2, 0) is 0 Å². The third-order valence-corrected chi connectivity index (χ3v) is 6.38. The molecule has 0 saturated carbocycles. The summed E-state index contributed by atoms with van der Waals surface area (Å²) < 4.78 is 4.69. The summed E-state index contributed by atoms with van der Waals surface area (Å²) in [5.74, 6) is 0.0425. The van der Waals surface area contributed by atoms with E-state index in [2.05, 4.69) is 46.1 Å². The van der Waals surface area contributed by atoms with Crippen LogP contribution in [-0.4, -0.2) is 27.2 Å². The van der Waals surface area contributed by atoms with Crippen LogP contribution in [0.3, 0.4) is 0 Å². The van der Waals surface area contributed by atoms with Crippen LogP contribution < -0.4 is 4.74 Å². The van der Waals surface area contributed by atoms with Gasteiger partial charge >= 0.3 is 6.16 Å². The van der Waals surface area contributed by atoms with E-state index in [4.69, 9.17) is 16.7 Å². The molecule has 0 aliphatic heterocycles. The molecular weight excluding hydrogens is 476 g/mol. The topological polar surface area (TPSA) is 92.0 Å². The van der Waals surface area contributed by atoms with Crippen LogP contribution in [0.2, 0.25) is 5.02 Å². The Hall–Kier alpha value is -4.16. The summed E-state index contributed by atoms with van der Waals surface area (Å²) >= 11 is 6.22. The van der Waals surface area contributed by atoms with E-state index in [1.165, 1.54) is 6.07 Å². The highest BCUT2D eigenvalue weighted by Gasteiger charge is 2.21. The summed E-state index contributed by atoms with van der Waals surface area (Å²) in [7, 11) is 0. The zero-order chi connectivity index (χ0) is 25.7. The average Bonchev–Trinajstić information content (AvgIpc) is 2.87. The van der Waals surface area contributed by atoms with Crippen LogP contribution in [0.5, 0.6) is 5.75 Å². The molecule has 4 aromatic rings.